The third-order valence-electron chi connectivity index (χ3n) is 2.41. The van der Waals surface area contributed by atoms with E-state index in [0.29, 0.717) is 0 Å². The summed E-state index contributed by atoms with van der Waals surface area (Å²) < 4.78 is 5.24. The molecule has 21 heavy (non-hydrogen) atoms. The van der Waals surface area contributed by atoms with E-state index < -0.39 is 10.9 Å². The molecule has 0 bridgehead atoms. The summed E-state index contributed by atoms with van der Waals surface area (Å²) in [6, 6.07) is 4.95. The Balaban J connectivity index is 2.46. The second-order valence-corrected chi connectivity index (χ2v) is 4.57. The lowest BCUT2D eigenvalue weighted by atomic mass is 10.2. The second kappa shape index (κ2) is 5.94. The van der Waals surface area contributed by atoms with Crippen LogP contribution in [0.4, 0.5) is 5.69 Å². The van der Waals surface area contributed by atoms with Crippen molar-refractivity contribution in [1.29, 1.82) is 0 Å². The average molecular weight is 329 g/mol. The summed E-state index contributed by atoms with van der Waals surface area (Å²) in [4.78, 5) is 25.0. The zero-order chi connectivity index (χ0) is 15.6. The summed E-state index contributed by atoms with van der Waals surface area (Å²) in [5, 5.41) is 19.8. The molecule has 1 aromatic heterocycles. The molecule has 7 nitrogen and oxygen atoms in total. The molecule has 0 amide bonds. The predicted octanol–water partition coefficient (Wildman–Crippen LogP) is 3.79. The lowest BCUT2D eigenvalue weighted by molar-refractivity contribution is -0.385. The fraction of sp³-hybridized carbons (Fsp3) is 0. The van der Waals surface area contributed by atoms with Gasteiger partial charge in [-0.1, -0.05) is 23.2 Å². The largest absolute Gasteiger partial charge is 0.478 e. The summed E-state index contributed by atoms with van der Waals surface area (Å²) in [5.74, 6) is -1.67. The van der Waals surface area contributed by atoms with Crippen LogP contribution in [0.25, 0.3) is 0 Å². The first-order valence-electron chi connectivity index (χ1n) is 5.39. The normalized spacial score (nSPS) is 10.2. The molecule has 108 valence electrons. The summed E-state index contributed by atoms with van der Waals surface area (Å²) in [6.45, 7) is 0. The molecule has 2 aromatic rings. The Morgan fingerprint density at radius 2 is 2.05 bits per heavy atom. The van der Waals surface area contributed by atoms with Gasteiger partial charge in [0.25, 0.3) is 0 Å². The number of carboxylic acid groups (broad SMARTS) is 1. The van der Waals surface area contributed by atoms with Gasteiger partial charge in [0.15, 0.2) is 0 Å². The Morgan fingerprint density at radius 1 is 1.33 bits per heavy atom. The quantitative estimate of drug-likeness (QED) is 0.676. The summed E-state index contributed by atoms with van der Waals surface area (Å²) in [7, 11) is 0. The SMILES string of the molecule is O=C(O)c1ccnc(Oc2ccc(Cl)cc2[N+](=O)[O-])c1Cl. The predicted molar refractivity (Wildman–Crippen MR) is 74.4 cm³/mol. The molecule has 0 fully saturated rings. The van der Waals surface area contributed by atoms with Gasteiger partial charge in [0.2, 0.25) is 11.6 Å². The molecule has 2 rings (SSSR count). The van der Waals surface area contributed by atoms with Crippen molar-refractivity contribution in [2.24, 2.45) is 0 Å². The average Bonchev–Trinajstić information content (AvgIpc) is 2.42. The number of aromatic nitrogens is 1. The highest BCUT2D eigenvalue weighted by atomic mass is 35.5. The number of rotatable bonds is 4. The van der Waals surface area contributed by atoms with Crippen LogP contribution in [0.5, 0.6) is 11.6 Å². The van der Waals surface area contributed by atoms with Crippen LogP contribution in [-0.4, -0.2) is 21.0 Å². The number of carbonyl (C=O) groups is 1. The Bertz CT molecular complexity index is 736. The van der Waals surface area contributed by atoms with E-state index in [1.807, 2.05) is 0 Å². The zero-order valence-electron chi connectivity index (χ0n) is 10.1. The van der Waals surface area contributed by atoms with Crippen LogP contribution >= 0.6 is 23.2 Å². The molecule has 0 aliphatic rings. The van der Waals surface area contributed by atoms with E-state index in [0.717, 1.165) is 6.07 Å². The van der Waals surface area contributed by atoms with Crippen LogP contribution in [-0.2, 0) is 0 Å². The van der Waals surface area contributed by atoms with E-state index in [1.165, 1.54) is 24.4 Å². The van der Waals surface area contributed by atoms with E-state index in [1.54, 1.807) is 0 Å². The van der Waals surface area contributed by atoms with Crippen molar-refractivity contribution in [3.05, 3.63) is 56.2 Å². The topological polar surface area (TPSA) is 103 Å². The Labute approximate surface area is 127 Å². The number of hydrogen-bond acceptors (Lipinski definition) is 5. The highest BCUT2D eigenvalue weighted by molar-refractivity contribution is 6.34. The molecule has 0 spiro atoms. The zero-order valence-corrected chi connectivity index (χ0v) is 11.6. The van der Waals surface area contributed by atoms with Gasteiger partial charge in [-0.25, -0.2) is 9.78 Å². The number of benzene rings is 1. The molecule has 0 atom stereocenters. The highest BCUT2D eigenvalue weighted by Gasteiger charge is 2.20. The maximum atomic E-state index is 11.0. The Morgan fingerprint density at radius 3 is 2.67 bits per heavy atom. The minimum Gasteiger partial charge on any atom is -0.478 e. The van der Waals surface area contributed by atoms with Crippen molar-refractivity contribution in [1.82, 2.24) is 4.98 Å². The van der Waals surface area contributed by atoms with Gasteiger partial charge in [-0.3, -0.25) is 10.1 Å². The molecule has 0 unspecified atom stereocenters. The molecule has 0 aliphatic heterocycles. The molecular formula is C12H6Cl2N2O5. The van der Waals surface area contributed by atoms with Crippen LogP contribution in [0.3, 0.4) is 0 Å². The van der Waals surface area contributed by atoms with Gasteiger partial charge in [-0.05, 0) is 18.2 Å². The number of nitro benzene ring substituents is 1. The summed E-state index contributed by atoms with van der Waals surface area (Å²) in [6.07, 6.45) is 1.17. The Hall–Kier alpha value is -2.38. The maximum Gasteiger partial charge on any atom is 0.337 e. The number of pyridine rings is 1. The number of hydrogen-bond donors (Lipinski definition) is 1. The van der Waals surface area contributed by atoms with E-state index >= 15 is 0 Å². The maximum absolute atomic E-state index is 11.0. The molecular weight excluding hydrogens is 323 g/mol. The molecule has 0 aliphatic carbocycles. The van der Waals surface area contributed by atoms with Crippen molar-refractivity contribution in [2.75, 3.05) is 0 Å². The van der Waals surface area contributed by atoms with Gasteiger partial charge in [0.1, 0.15) is 5.02 Å². The molecule has 1 N–H and O–H groups in total. The summed E-state index contributed by atoms with van der Waals surface area (Å²) in [5.41, 5.74) is -0.612. The lowest BCUT2D eigenvalue weighted by Gasteiger charge is -2.08. The van der Waals surface area contributed by atoms with Crippen LogP contribution < -0.4 is 4.74 Å². The standard InChI is InChI=1S/C12H6Cl2N2O5/c13-6-1-2-9(8(5-6)16(19)20)21-11-10(14)7(12(17)18)3-4-15-11/h1-5H,(H,17,18). The molecule has 1 heterocycles. The number of nitro groups is 1. The third-order valence-corrected chi connectivity index (χ3v) is 3.01. The second-order valence-electron chi connectivity index (χ2n) is 3.75. The molecule has 0 saturated carbocycles. The summed E-state index contributed by atoms with van der Waals surface area (Å²) >= 11 is 11.5. The number of halogens is 2. The van der Waals surface area contributed by atoms with Gasteiger partial charge in [0, 0.05) is 17.3 Å². The molecule has 0 saturated heterocycles. The molecule has 1 aromatic carbocycles. The van der Waals surface area contributed by atoms with E-state index in [2.05, 4.69) is 4.98 Å². The minimum atomic E-state index is -1.27. The number of nitrogens with zero attached hydrogens (tertiary/aromatic N) is 2. The smallest absolute Gasteiger partial charge is 0.337 e. The van der Waals surface area contributed by atoms with E-state index in [4.69, 9.17) is 33.0 Å². The van der Waals surface area contributed by atoms with Crippen LogP contribution in [0.2, 0.25) is 10.0 Å². The first-order chi connectivity index (χ1) is 9.90. The van der Waals surface area contributed by atoms with Crippen LogP contribution in [0.15, 0.2) is 30.5 Å². The van der Waals surface area contributed by atoms with E-state index in [9.17, 15) is 14.9 Å². The van der Waals surface area contributed by atoms with Crippen molar-refractivity contribution in [2.45, 2.75) is 0 Å². The van der Waals surface area contributed by atoms with Crippen LogP contribution in [0.1, 0.15) is 10.4 Å². The monoisotopic (exact) mass is 328 g/mol. The van der Waals surface area contributed by atoms with Gasteiger partial charge in [-0.15, -0.1) is 0 Å². The van der Waals surface area contributed by atoms with Gasteiger partial charge in [-0.2, -0.15) is 0 Å². The Kier molecular flexibility index (Phi) is 4.25. The lowest BCUT2D eigenvalue weighted by Crippen LogP contribution is -2.01. The number of carboxylic acids is 1. The van der Waals surface area contributed by atoms with Crippen molar-refractivity contribution in [3.8, 4) is 11.6 Å². The number of ether oxygens (including phenoxy) is 1. The van der Waals surface area contributed by atoms with Gasteiger partial charge >= 0.3 is 11.7 Å². The third kappa shape index (κ3) is 3.21. The van der Waals surface area contributed by atoms with E-state index in [-0.39, 0.29) is 32.9 Å². The van der Waals surface area contributed by atoms with Gasteiger partial charge < -0.3 is 9.84 Å². The van der Waals surface area contributed by atoms with Crippen molar-refractivity contribution < 1.29 is 19.6 Å². The van der Waals surface area contributed by atoms with Crippen molar-refractivity contribution in [3.63, 3.8) is 0 Å². The minimum absolute atomic E-state index is 0.152. The van der Waals surface area contributed by atoms with Crippen LogP contribution in [0, 0.1) is 10.1 Å². The molecule has 0 radical (unpaired) electrons. The molecule has 9 heteroatoms. The first-order valence-corrected chi connectivity index (χ1v) is 6.15. The fourth-order valence-electron chi connectivity index (χ4n) is 1.48. The fourth-order valence-corrected chi connectivity index (χ4v) is 1.88. The first kappa shape index (κ1) is 15.0. The van der Waals surface area contributed by atoms with Crippen molar-refractivity contribution >= 4 is 34.9 Å². The number of aromatic carboxylic acids is 1. The van der Waals surface area contributed by atoms with Gasteiger partial charge in [0.05, 0.1) is 10.5 Å². The highest BCUT2D eigenvalue weighted by Crippen LogP contribution is 2.36.